The molecule has 0 aliphatic heterocycles. The lowest BCUT2D eigenvalue weighted by molar-refractivity contribution is -0.130. The Morgan fingerprint density at radius 3 is 1.15 bits per heavy atom. The molecular weight excluding hydrogens is 404 g/mol. The molecule has 0 rings (SSSR count). The zero-order chi connectivity index (χ0) is 24.1. The highest BCUT2D eigenvalue weighted by atomic mass is 16.4. The van der Waals surface area contributed by atoms with Crippen LogP contribution >= 0.6 is 0 Å². The first-order valence-electron chi connectivity index (χ1n) is 13.8. The Morgan fingerprint density at radius 1 is 0.545 bits per heavy atom. The third kappa shape index (κ3) is 30.1. The Labute approximate surface area is 205 Å². The van der Waals surface area contributed by atoms with E-state index < -0.39 is 5.97 Å². The molecule has 0 fully saturated rings. The zero-order valence-electron chi connectivity index (χ0n) is 21.3. The topological polar surface area (TPSA) is 37.3 Å². The maximum Gasteiger partial charge on any atom is 0.382 e. The van der Waals surface area contributed by atoms with E-state index in [0.717, 1.165) is 12.8 Å². The van der Waals surface area contributed by atoms with E-state index in [1.54, 1.807) is 6.08 Å². The van der Waals surface area contributed by atoms with Gasteiger partial charge >= 0.3 is 5.97 Å². The second-order valence-corrected chi connectivity index (χ2v) is 9.19. The number of carboxylic acids is 1. The van der Waals surface area contributed by atoms with Crippen LogP contribution in [0.15, 0.2) is 24.3 Å². The SMILES string of the molecule is C#C/C=C\CCCCCCCCCCCCCCCCCCCCCC/C=C\C#CC(=O)O. The van der Waals surface area contributed by atoms with E-state index in [4.69, 9.17) is 11.5 Å². The fourth-order valence-electron chi connectivity index (χ4n) is 4.10. The Hall–Kier alpha value is -1.93. The predicted octanol–water partition coefficient (Wildman–Crippen LogP) is 9.40. The molecule has 0 radical (unpaired) electrons. The Morgan fingerprint density at radius 2 is 0.848 bits per heavy atom. The van der Waals surface area contributed by atoms with Crippen LogP contribution in [0.25, 0.3) is 0 Å². The van der Waals surface area contributed by atoms with E-state index in [0.29, 0.717) is 0 Å². The third-order valence-electron chi connectivity index (χ3n) is 6.09. The molecule has 0 aliphatic rings. The molecule has 0 saturated heterocycles. The molecule has 0 aromatic heterocycles. The zero-order valence-corrected chi connectivity index (χ0v) is 21.3. The summed E-state index contributed by atoms with van der Waals surface area (Å²) >= 11 is 0. The molecule has 0 aliphatic carbocycles. The van der Waals surface area contributed by atoms with E-state index in [1.165, 1.54) is 128 Å². The fourth-order valence-corrected chi connectivity index (χ4v) is 4.10. The normalized spacial score (nSPS) is 11.0. The summed E-state index contributed by atoms with van der Waals surface area (Å²) in [5.41, 5.74) is 0. The van der Waals surface area contributed by atoms with Gasteiger partial charge in [0.1, 0.15) is 0 Å². The maximum absolute atomic E-state index is 10.2. The van der Waals surface area contributed by atoms with Gasteiger partial charge in [-0.1, -0.05) is 140 Å². The van der Waals surface area contributed by atoms with E-state index in [2.05, 4.69) is 23.8 Å². The van der Waals surface area contributed by atoms with Gasteiger partial charge in [-0.05, 0) is 37.8 Å². The van der Waals surface area contributed by atoms with Crippen LogP contribution in [0.3, 0.4) is 0 Å². The molecule has 0 aromatic carbocycles. The van der Waals surface area contributed by atoms with Gasteiger partial charge in [-0.3, -0.25) is 0 Å². The first kappa shape index (κ1) is 31.1. The highest BCUT2D eigenvalue weighted by Gasteiger charge is 1.95. The number of terminal acetylenes is 1. The Bertz CT molecular complexity index is 582. The van der Waals surface area contributed by atoms with Crippen molar-refractivity contribution in [2.24, 2.45) is 0 Å². The minimum atomic E-state index is -1.07. The van der Waals surface area contributed by atoms with E-state index in [9.17, 15) is 4.79 Å². The molecule has 0 aromatic rings. The molecule has 0 saturated carbocycles. The first-order chi connectivity index (χ1) is 16.3. The first-order valence-corrected chi connectivity index (χ1v) is 13.8. The smallest absolute Gasteiger partial charge is 0.382 e. The van der Waals surface area contributed by atoms with Crippen LogP contribution in [0.2, 0.25) is 0 Å². The van der Waals surface area contributed by atoms with Crippen LogP contribution in [0.5, 0.6) is 0 Å². The average molecular weight is 455 g/mol. The van der Waals surface area contributed by atoms with Gasteiger partial charge in [-0.25, -0.2) is 4.79 Å². The number of hydrogen-bond acceptors (Lipinski definition) is 1. The molecule has 0 spiro atoms. The van der Waals surface area contributed by atoms with Crippen LogP contribution in [-0.2, 0) is 4.79 Å². The van der Waals surface area contributed by atoms with Gasteiger partial charge < -0.3 is 5.11 Å². The quantitative estimate of drug-likeness (QED) is 0.123. The molecule has 2 heteroatoms. The Balaban J connectivity index is 3.11. The minimum absolute atomic E-state index is 1.00. The fraction of sp³-hybridized carbons (Fsp3) is 0.710. The van der Waals surface area contributed by atoms with Crippen LogP contribution in [0, 0.1) is 24.2 Å². The lowest BCUT2D eigenvalue weighted by atomic mass is 10.0. The molecule has 0 heterocycles. The maximum atomic E-state index is 10.2. The molecule has 0 amide bonds. The summed E-state index contributed by atoms with van der Waals surface area (Å²) in [6.45, 7) is 0. The highest BCUT2D eigenvalue weighted by Crippen LogP contribution is 2.15. The lowest BCUT2D eigenvalue weighted by Gasteiger charge is -2.04. The van der Waals surface area contributed by atoms with Crippen molar-refractivity contribution < 1.29 is 9.90 Å². The molecule has 0 bridgehead atoms. The van der Waals surface area contributed by atoms with E-state index in [-0.39, 0.29) is 0 Å². The minimum Gasteiger partial charge on any atom is -0.472 e. The number of carboxylic acid groups (broad SMARTS) is 1. The van der Waals surface area contributed by atoms with Crippen LogP contribution < -0.4 is 0 Å². The molecule has 33 heavy (non-hydrogen) atoms. The van der Waals surface area contributed by atoms with E-state index in [1.807, 2.05) is 12.2 Å². The van der Waals surface area contributed by atoms with Crippen molar-refractivity contribution in [1.29, 1.82) is 0 Å². The van der Waals surface area contributed by atoms with Gasteiger partial charge in [-0.15, -0.1) is 6.42 Å². The van der Waals surface area contributed by atoms with Crippen molar-refractivity contribution in [3.63, 3.8) is 0 Å². The lowest BCUT2D eigenvalue weighted by Crippen LogP contribution is -1.85. The van der Waals surface area contributed by atoms with Gasteiger partial charge in [0.15, 0.2) is 0 Å². The average Bonchev–Trinajstić information content (AvgIpc) is 2.80. The third-order valence-corrected chi connectivity index (χ3v) is 6.09. The van der Waals surface area contributed by atoms with Gasteiger partial charge in [0.25, 0.3) is 0 Å². The van der Waals surface area contributed by atoms with Crippen molar-refractivity contribution in [1.82, 2.24) is 0 Å². The van der Waals surface area contributed by atoms with Crippen molar-refractivity contribution in [3.05, 3.63) is 24.3 Å². The van der Waals surface area contributed by atoms with Crippen molar-refractivity contribution in [2.45, 2.75) is 141 Å². The summed E-state index contributed by atoms with van der Waals surface area (Å²) in [5.74, 6) is 6.09. The van der Waals surface area contributed by atoms with Gasteiger partial charge in [0, 0.05) is 5.92 Å². The number of carbonyl (C=O) groups is 1. The summed E-state index contributed by atoms with van der Waals surface area (Å²) in [6, 6.07) is 0. The summed E-state index contributed by atoms with van der Waals surface area (Å²) in [7, 11) is 0. The summed E-state index contributed by atoms with van der Waals surface area (Å²) < 4.78 is 0. The van der Waals surface area contributed by atoms with Crippen LogP contribution in [0.4, 0.5) is 0 Å². The Kier molecular flexibility index (Phi) is 26.5. The molecule has 186 valence electrons. The molecule has 0 atom stereocenters. The largest absolute Gasteiger partial charge is 0.472 e. The van der Waals surface area contributed by atoms with Gasteiger partial charge in [0.05, 0.1) is 0 Å². The second-order valence-electron chi connectivity index (χ2n) is 9.19. The summed E-state index contributed by atoms with van der Waals surface area (Å²) in [6.07, 6.45) is 42.4. The van der Waals surface area contributed by atoms with Crippen molar-refractivity contribution in [3.8, 4) is 24.2 Å². The van der Waals surface area contributed by atoms with Crippen molar-refractivity contribution >= 4 is 5.97 Å². The van der Waals surface area contributed by atoms with Crippen molar-refractivity contribution in [2.75, 3.05) is 0 Å². The molecule has 0 unspecified atom stereocenters. The second kappa shape index (κ2) is 28.1. The monoisotopic (exact) mass is 454 g/mol. The summed E-state index contributed by atoms with van der Waals surface area (Å²) in [5, 5.41) is 8.40. The number of unbranched alkanes of at least 4 members (excludes halogenated alkanes) is 21. The number of hydrogen-bond donors (Lipinski definition) is 1. The number of allylic oxidation sites excluding steroid dienone is 4. The van der Waals surface area contributed by atoms with E-state index >= 15 is 0 Å². The summed E-state index contributed by atoms with van der Waals surface area (Å²) in [4.78, 5) is 10.2. The van der Waals surface area contributed by atoms with Gasteiger partial charge in [-0.2, -0.15) is 0 Å². The van der Waals surface area contributed by atoms with Crippen LogP contribution in [-0.4, -0.2) is 11.1 Å². The number of rotatable bonds is 23. The highest BCUT2D eigenvalue weighted by molar-refractivity contribution is 5.86. The molecule has 1 N–H and O–H groups in total. The number of aliphatic carboxylic acids is 1. The van der Waals surface area contributed by atoms with Gasteiger partial charge in [0.2, 0.25) is 0 Å². The molecule has 2 nitrogen and oxygen atoms in total. The standard InChI is InChI=1S/C31H50O2/c1-2-3-4-5-6-7-8-9-10-11-12-13-14-15-16-17-18-19-20-21-22-23-24-25-26-27-28-29-30-31(32)33/h1,3-4,27-28H,5-26H2,(H,32,33)/b4-3-,28-27-. The van der Waals surface area contributed by atoms with Crippen LogP contribution in [0.1, 0.15) is 141 Å². The predicted molar refractivity (Wildman–Crippen MR) is 144 cm³/mol. The molecular formula is C31H50O2.